The van der Waals surface area contributed by atoms with Crippen LogP contribution in [0.2, 0.25) is 0 Å². The summed E-state index contributed by atoms with van der Waals surface area (Å²) in [4.78, 5) is 18.0. The molecule has 16 heavy (non-hydrogen) atoms. The van der Waals surface area contributed by atoms with Gasteiger partial charge in [0.25, 0.3) is 5.91 Å². The lowest BCUT2D eigenvalue weighted by Gasteiger charge is -2.26. The number of carbonyl (C=O) groups excluding carboxylic acids is 1. The second kappa shape index (κ2) is 5.99. The number of pyridine rings is 1. The highest BCUT2D eigenvalue weighted by atomic mass is 79.9. The summed E-state index contributed by atoms with van der Waals surface area (Å²) in [6, 6.07) is 3.80. The van der Waals surface area contributed by atoms with E-state index in [1.807, 2.05) is 11.9 Å². The summed E-state index contributed by atoms with van der Waals surface area (Å²) < 4.78 is 0.691. The van der Waals surface area contributed by atoms with Gasteiger partial charge in [0.05, 0.1) is 0 Å². The lowest BCUT2D eigenvalue weighted by Crippen LogP contribution is -2.36. The van der Waals surface area contributed by atoms with E-state index in [4.69, 9.17) is 0 Å². The average molecular weight is 285 g/mol. The van der Waals surface area contributed by atoms with Gasteiger partial charge in [-0.05, 0) is 40.9 Å². The Balaban J connectivity index is 2.85. The van der Waals surface area contributed by atoms with Crippen molar-refractivity contribution >= 4 is 21.8 Å². The molecule has 1 amide bonds. The second-order valence-corrected chi connectivity index (χ2v) is 4.57. The summed E-state index contributed by atoms with van der Waals surface area (Å²) in [5.41, 5.74) is 0.677. The molecule has 1 rings (SSSR count). The highest BCUT2D eigenvalue weighted by Crippen LogP contribution is 2.13. The molecule has 1 aromatic heterocycles. The SMILES string of the molecule is CCC(CC)N(C)C(=O)c1ccnc(Br)c1. The van der Waals surface area contributed by atoms with Crippen LogP contribution in [0.5, 0.6) is 0 Å². The van der Waals surface area contributed by atoms with Gasteiger partial charge in [-0.15, -0.1) is 0 Å². The first kappa shape index (κ1) is 13.2. The molecule has 0 radical (unpaired) electrons. The molecule has 0 aromatic carbocycles. The van der Waals surface area contributed by atoms with E-state index in [9.17, 15) is 4.79 Å². The van der Waals surface area contributed by atoms with Gasteiger partial charge < -0.3 is 4.90 Å². The number of hydrogen-bond donors (Lipinski definition) is 0. The van der Waals surface area contributed by atoms with Crippen LogP contribution in [0.15, 0.2) is 22.9 Å². The standard InChI is InChI=1S/C12H17BrN2O/c1-4-10(5-2)15(3)12(16)9-6-7-14-11(13)8-9/h6-8,10H,4-5H2,1-3H3. The van der Waals surface area contributed by atoms with Crippen LogP contribution < -0.4 is 0 Å². The number of aromatic nitrogens is 1. The van der Waals surface area contributed by atoms with Gasteiger partial charge in [-0.2, -0.15) is 0 Å². The van der Waals surface area contributed by atoms with Crippen LogP contribution in [0.3, 0.4) is 0 Å². The normalized spacial score (nSPS) is 10.6. The van der Waals surface area contributed by atoms with Crippen molar-refractivity contribution in [3.05, 3.63) is 28.5 Å². The largest absolute Gasteiger partial charge is 0.339 e. The molecule has 0 aliphatic rings. The summed E-state index contributed by atoms with van der Waals surface area (Å²) in [5.74, 6) is 0.0526. The minimum atomic E-state index is 0.0526. The Morgan fingerprint density at radius 3 is 2.62 bits per heavy atom. The lowest BCUT2D eigenvalue weighted by atomic mass is 10.1. The first-order valence-electron chi connectivity index (χ1n) is 5.48. The van der Waals surface area contributed by atoms with E-state index in [-0.39, 0.29) is 5.91 Å². The fourth-order valence-corrected chi connectivity index (χ4v) is 2.11. The monoisotopic (exact) mass is 284 g/mol. The van der Waals surface area contributed by atoms with E-state index in [1.165, 1.54) is 0 Å². The Kier molecular flexibility index (Phi) is 4.93. The highest BCUT2D eigenvalue weighted by molar-refractivity contribution is 9.10. The minimum absolute atomic E-state index is 0.0526. The van der Waals surface area contributed by atoms with Crippen molar-refractivity contribution in [2.45, 2.75) is 32.7 Å². The zero-order chi connectivity index (χ0) is 12.1. The molecule has 3 nitrogen and oxygen atoms in total. The molecule has 0 atom stereocenters. The number of rotatable bonds is 4. The van der Waals surface area contributed by atoms with Gasteiger partial charge >= 0.3 is 0 Å². The number of amides is 1. The highest BCUT2D eigenvalue weighted by Gasteiger charge is 2.18. The molecule has 0 aliphatic heterocycles. The van der Waals surface area contributed by atoms with Crippen molar-refractivity contribution in [2.75, 3.05) is 7.05 Å². The molecule has 0 N–H and O–H groups in total. The van der Waals surface area contributed by atoms with Crippen molar-refractivity contribution in [1.82, 2.24) is 9.88 Å². The van der Waals surface area contributed by atoms with Crippen molar-refractivity contribution < 1.29 is 4.79 Å². The van der Waals surface area contributed by atoms with E-state index in [0.717, 1.165) is 12.8 Å². The molecule has 4 heteroatoms. The van der Waals surface area contributed by atoms with Crippen LogP contribution in [0.1, 0.15) is 37.0 Å². The van der Waals surface area contributed by atoms with Crippen LogP contribution in [0, 0.1) is 0 Å². The first-order chi connectivity index (χ1) is 7.60. The van der Waals surface area contributed by atoms with Crippen molar-refractivity contribution in [3.63, 3.8) is 0 Å². The Morgan fingerprint density at radius 2 is 2.12 bits per heavy atom. The minimum Gasteiger partial charge on any atom is -0.339 e. The topological polar surface area (TPSA) is 33.2 Å². The van der Waals surface area contributed by atoms with Gasteiger partial charge in [-0.1, -0.05) is 13.8 Å². The van der Waals surface area contributed by atoms with E-state index >= 15 is 0 Å². The Hall–Kier alpha value is -0.900. The number of carbonyl (C=O) groups is 1. The Bertz CT molecular complexity index is 364. The smallest absolute Gasteiger partial charge is 0.253 e. The summed E-state index contributed by atoms with van der Waals surface area (Å²) in [7, 11) is 1.86. The maximum atomic E-state index is 12.1. The predicted octanol–water partition coefficient (Wildman–Crippen LogP) is 3.10. The molecule has 1 aromatic rings. The zero-order valence-electron chi connectivity index (χ0n) is 9.90. The maximum Gasteiger partial charge on any atom is 0.253 e. The molecule has 0 bridgehead atoms. The van der Waals surface area contributed by atoms with Gasteiger partial charge in [0, 0.05) is 24.8 Å². The van der Waals surface area contributed by atoms with Crippen LogP contribution in [0.4, 0.5) is 0 Å². The summed E-state index contributed by atoms with van der Waals surface area (Å²) in [5, 5.41) is 0. The van der Waals surface area contributed by atoms with Gasteiger partial charge in [0.15, 0.2) is 0 Å². The van der Waals surface area contributed by atoms with Crippen LogP contribution in [-0.2, 0) is 0 Å². The van der Waals surface area contributed by atoms with Crippen molar-refractivity contribution in [3.8, 4) is 0 Å². The Labute approximate surface area is 105 Å². The molecule has 0 spiro atoms. The summed E-state index contributed by atoms with van der Waals surface area (Å²) in [6.45, 7) is 4.20. The molecule has 0 saturated heterocycles. The Morgan fingerprint density at radius 1 is 1.50 bits per heavy atom. The summed E-state index contributed by atoms with van der Waals surface area (Å²) >= 11 is 3.27. The number of nitrogens with zero attached hydrogens (tertiary/aromatic N) is 2. The van der Waals surface area contributed by atoms with Crippen LogP contribution in [0.25, 0.3) is 0 Å². The fraction of sp³-hybridized carbons (Fsp3) is 0.500. The average Bonchev–Trinajstić information content (AvgIpc) is 2.29. The predicted molar refractivity (Wildman–Crippen MR) is 68.4 cm³/mol. The third-order valence-electron chi connectivity index (χ3n) is 2.78. The zero-order valence-corrected chi connectivity index (χ0v) is 11.5. The van der Waals surface area contributed by atoms with E-state index in [1.54, 1.807) is 18.3 Å². The van der Waals surface area contributed by atoms with Crippen molar-refractivity contribution in [2.24, 2.45) is 0 Å². The third-order valence-corrected chi connectivity index (χ3v) is 3.22. The van der Waals surface area contributed by atoms with E-state index in [0.29, 0.717) is 16.2 Å². The van der Waals surface area contributed by atoms with E-state index in [2.05, 4.69) is 34.8 Å². The molecule has 0 saturated carbocycles. The lowest BCUT2D eigenvalue weighted by molar-refractivity contribution is 0.0723. The maximum absolute atomic E-state index is 12.1. The van der Waals surface area contributed by atoms with E-state index < -0.39 is 0 Å². The summed E-state index contributed by atoms with van der Waals surface area (Å²) in [6.07, 6.45) is 3.59. The molecular weight excluding hydrogens is 268 g/mol. The molecule has 0 aliphatic carbocycles. The molecule has 0 unspecified atom stereocenters. The second-order valence-electron chi connectivity index (χ2n) is 3.75. The van der Waals surface area contributed by atoms with Crippen LogP contribution >= 0.6 is 15.9 Å². The van der Waals surface area contributed by atoms with Gasteiger partial charge in [-0.3, -0.25) is 4.79 Å². The van der Waals surface area contributed by atoms with Gasteiger partial charge in [0.1, 0.15) is 4.60 Å². The number of halogens is 1. The van der Waals surface area contributed by atoms with Crippen molar-refractivity contribution in [1.29, 1.82) is 0 Å². The molecule has 88 valence electrons. The fourth-order valence-electron chi connectivity index (χ4n) is 1.74. The first-order valence-corrected chi connectivity index (χ1v) is 6.28. The number of hydrogen-bond acceptors (Lipinski definition) is 2. The quantitative estimate of drug-likeness (QED) is 0.796. The third kappa shape index (κ3) is 3.04. The van der Waals surface area contributed by atoms with Gasteiger partial charge in [-0.25, -0.2) is 4.98 Å². The van der Waals surface area contributed by atoms with Gasteiger partial charge in [0.2, 0.25) is 0 Å². The molecular formula is C12H17BrN2O. The molecule has 1 heterocycles. The molecule has 0 fully saturated rings. The van der Waals surface area contributed by atoms with Crippen LogP contribution in [-0.4, -0.2) is 28.9 Å².